The molecule has 7 nitrogen and oxygen atoms in total. The molecule has 4 rings (SSSR count). The molecule has 1 aromatic heterocycles. The Hall–Kier alpha value is -1.32. The summed E-state index contributed by atoms with van der Waals surface area (Å²) in [5.41, 5.74) is 1.16. The number of Topliss-reactive ketones (excluding diaryl/α,β-unsaturated/α-hetero) is 1. The Bertz CT molecular complexity index is 988. The number of aliphatic hydroxyl groups is 1. The maximum Gasteiger partial charge on any atom is 1.00 e. The number of aromatic nitrogens is 1. The first kappa shape index (κ1) is 21.4. The Labute approximate surface area is 188 Å². The SMILES string of the molecule is Cn1c(C(=O)[C@@H](O)[C@@H]2C(=O)N3[C@@H]2SC(C)(C)[C@@H]3C(=O)[O-])cc2ccccc21.[Na+]. The fourth-order valence-corrected chi connectivity index (χ4v) is 5.87. The second-order valence-electron chi connectivity index (χ2n) is 7.56. The van der Waals surface area contributed by atoms with Crippen LogP contribution >= 0.6 is 11.8 Å². The quantitative estimate of drug-likeness (QED) is 0.331. The monoisotopic (exact) mass is 410 g/mol. The minimum absolute atomic E-state index is 0. The number of aliphatic hydroxyl groups excluding tert-OH is 1. The van der Waals surface area contributed by atoms with Gasteiger partial charge in [0.2, 0.25) is 11.7 Å². The van der Waals surface area contributed by atoms with Gasteiger partial charge in [-0.15, -0.1) is 11.8 Å². The van der Waals surface area contributed by atoms with E-state index in [-0.39, 0.29) is 29.6 Å². The summed E-state index contributed by atoms with van der Waals surface area (Å²) in [4.78, 5) is 38.2. The number of carboxylic acid groups (broad SMARTS) is 1. The number of amides is 1. The molecule has 2 aliphatic heterocycles. The molecule has 1 aromatic carbocycles. The van der Waals surface area contributed by atoms with Crippen molar-refractivity contribution in [1.82, 2.24) is 9.47 Å². The molecule has 28 heavy (non-hydrogen) atoms. The summed E-state index contributed by atoms with van der Waals surface area (Å²) < 4.78 is 0.938. The first-order chi connectivity index (χ1) is 12.6. The van der Waals surface area contributed by atoms with E-state index in [4.69, 9.17) is 0 Å². The molecule has 2 fully saturated rings. The molecule has 0 bridgehead atoms. The molecule has 0 unspecified atom stereocenters. The Kier molecular flexibility index (Phi) is 5.48. The smallest absolute Gasteiger partial charge is 0.548 e. The van der Waals surface area contributed by atoms with Crippen molar-refractivity contribution in [3.8, 4) is 0 Å². The van der Waals surface area contributed by atoms with Crippen molar-refractivity contribution in [1.29, 1.82) is 0 Å². The third-order valence-corrected chi connectivity index (χ3v) is 7.11. The van der Waals surface area contributed by atoms with Gasteiger partial charge in [0.05, 0.1) is 23.1 Å². The van der Waals surface area contributed by atoms with Gasteiger partial charge in [-0.25, -0.2) is 0 Å². The molecular weight excluding hydrogens is 391 g/mol. The molecule has 3 heterocycles. The van der Waals surface area contributed by atoms with Crippen LogP contribution in [-0.4, -0.2) is 54.5 Å². The zero-order chi connectivity index (χ0) is 19.7. The second kappa shape index (κ2) is 7.18. The Morgan fingerprint density at radius 1 is 1.29 bits per heavy atom. The molecular formula is C19H19N2NaO5S. The number of hydrogen-bond donors (Lipinski definition) is 1. The van der Waals surface area contributed by atoms with Crippen LogP contribution in [0.1, 0.15) is 24.3 Å². The molecule has 2 saturated heterocycles. The van der Waals surface area contributed by atoms with Gasteiger partial charge < -0.3 is 24.5 Å². The topological polar surface area (TPSA) is 103 Å². The number of aliphatic carboxylic acids is 1. The fourth-order valence-electron chi connectivity index (χ4n) is 4.15. The number of carbonyl (C=O) groups excluding carboxylic acids is 3. The third kappa shape index (κ3) is 2.93. The molecule has 9 heteroatoms. The van der Waals surface area contributed by atoms with E-state index in [1.54, 1.807) is 31.5 Å². The van der Waals surface area contributed by atoms with Crippen LogP contribution in [0.3, 0.4) is 0 Å². The molecule has 1 N–H and O–H groups in total. The predicted molar refractivity (Wildman–Crippen MR) is 97.8 cm³/mol. The largest absolute Gasteiger partial charge is 1.00 e. The van der Waals surface area contributed by atoms with Gasteiger partial charge in [0.15, 0.2) is 0 Å². The standard InChI is InChI=1S/C19H20N2O5S.Na/c1-19(2)15(18(25)26)21-16(24)12(17(21)27-19)14(23)13(22)11-8-9-6-4-5-7-10(9)20(11)3;/h4-8,12,14-15,17,23H,1-3H3,(H,25,26);/q;+1/p-1/t12-,14+,15+,17-;/m1./s1. The molecule has 2 aromatic rings. The molecule has 0 spiro atoms. The van der Waals surface area contributed by atoms with Crippen LogP contribution in [0.5, 0.6) is 0 Å². The van der Waals surface area contributed by atoms with Gasteiger partial charge in [0.25, 0.3) is 0 Å². The van der Waals surface area contributed by atoms with Gasteiger partial charge >= 0.3 is 29.6 Å². The van der Waals surface area contributed by atoms with Crippen LogP contribution in [0.15, 0.2) is 30.3 Å². The number of rotatable bonds is 4. The van der Waals surface area contributed by atoms with E-state index in [0.29, 0.717) is 5.69 Å². The molecule has 0 aliphatic carbocycles. The van der Waals surface area contributed by atoms with E-state index in [1.165, 1.54) is 16.7 Å². The average molecular weight is 410 g/mol. The molecule has 2 aliphatic rings. The number of benzene rings is 1. The Balaban J connectivity index is 0.00000225. The summed E-state index contributed by atoms with van der Waals surface area (Å²) in [6.07, 6.45) is -1.52. The first-order valence-electron chi connectivity index (χ1n) is 8.63. The number of ketones is 1. The van der Waals surface area contributed by atoms with Gasteiger partial charge in [-0.2, -0.15) is 0 Å². The molecule has 0 radical (unpaired) electrons. The summed E-state index contributed by atoms with van der Waals surface area (Å²) >= 11 is 1.28. The first-order valence-corrected chi connectivity index (χ1v) is 9.50. The number of β-lactam (4-membered cyclic amide) rings is 1. The number of carboxylic acids is 1. The summed E-state index contributed by atoms with van der Waals surface area (Å²) in [6.45, 7) is 3.44. The van der Waals surface area contributed by atoms with Crippen molar-refractivity contribution in [2.24, 2.45) is 13.0 Å². The van der Waals surface area contributed by atoms with Gasteiger partial charge in [-0.1, -0.05) is 18.2 Å². The second-order valence-corrected chi connectivity index (χ2v) is 9.33. The van der Waals surface area contributed by atoms with Crippen molar-refractivity contribution in [3.05, 3.63) is 36.0 Å². The summed E-state index contributed by atoms with van der Waals surface area (Å²) in [6, 6.07) is 8.08. The van der Waals surface area contributed by atoms with Crippen LogP contribution in [-0.2, 0) is 16.6 Å². The number of para-hydroxylation sites is 1. The van der Waals surface area contributed by atoms with Crippen molar-refractivity contribution in [2.45, 2.75) is 36.1 Å². The van der Waals surface area contributed by atoms with Crippen LogP contribution in [0.25, 0.3) is 10.9 Å². The summed E-state index contributed by atoms with van der Waals surface area (Å²) in [7, 11) is 1.73. The zero-order valence-corrected chi connectivity index (χ0v) is 18.9. The summed E-state index contributed by atoms with van der Waals surface area (Å²) in [5.74, 6) is -3.34. The van der Waals surface area contributed by atoms with Crippen LogP contribution in [0.4, 0.5) is 0 Å². The van der Waals surface area contributed by atoms with Crippen molar-refractivity contribution >= 4 is 40.3 Å². The molecule has 4 atom stereocenters. The van der Waals surface area contributed by atoms with E-state index in [1.807, 2.05) is 24.3 Å². The fraction of sp³-hybridized carbons (Fsp3) is 0.421. The Morgan fingerprint density at radius 2 is 1.93 bits per heavy atom. The minimum atomic E-state index is -1.52. The van der Waals surface area contributed by atoms with Gasteiger partial charge in [0.1, 0.15) is 12.0 Å². The number of thioether (sulfide) groups is 1. The van der Waals surface area contributed by atoms with Gasteiger partial charge in [-0.05, 0) is 26.0 Å². The van der Waals surface area contributed by atoms with E-state index in [0.717, 1.165) is 10.9 Å². The number of fused-ring (bicyclic) bond motifs is 2. The van der Waals surface area contributed by atoms with Crippen LogP contribution in [0, 0.1) is 5.92 Å². The predicted octanol–water partition coefficient (Wildman–Crippen LogP) is -2.85. The van der Waals surface area contributed by atoms with E-state index < -0.39 is 45.8 Å². The number of nitrogens with zero attached hydrogens (tertiary/aromatic N) is 2. The maximum atomic E-state index is 12.9. The van der Waals surface area contributed by atoms with Crippen LogP contribution in [0.2, 0.25) is 0 Å². The van der Waals surface area contributed by atoms with E-state index >= 15 is 0 Å². The third-order valence-electron chi connectivity index (χ3n) is 5.52. The number of aryl methyl sites for hydroxylation is 1. The molecule has 142 valence electrons. The van der Waals surface area contributed by atoms with Crippen molar-refractivity contribution in [3.63, 3.8) is 0 Å². The number of hydrogen-bond acceptors (Lipinski definition) is 6. The molecule has 1 amide bonds. The van der Waals surface area contributed by atoms with E-state index in [2.05, 4.69) is 0 Å². The average Bonchev–Trinajstić information content (AvgIpc) is 3.06. The van der Waals surface area contributed by atoms with Crippen molar-refractivity contribution in [2.75, 3.05) is 0 Å². The Morgan fingerprint density at radius 3 is 2.54 bits per heavy atom. The normalized spacial score (nSPS) is 26.4. The minimum Gasteiger partial charge on any atom is -0.548 e. The maximum absolute atomic E-state index is 12.9. The summed E-state index contributed by atoms with van der Waals surface area (Å²) in [5, 5.41) is 22.5. The zero-order valence-electron chi connectivity index (χ0n) is 16.1. The molecule has 0 saturated carbocycles. The van der Waals surface area contributed by atoms with Gasteiger partial charge in [0, 0.05) is 22.7 Å². The van der Waals surface area contributed by atoms with E-state index in [9.17, 15) is 24.6 Å². The van der Waals surface area contributed by atoms with Crippen LogP contribution < -0.4 is 34.7 Å². The van der Waals surface area contributed by atoms with Gasteiger partial charge in [-0.3, -0.25) is 9.59 Å². The van der Waals surface area contributed by atoms with Crippen molar-refractivity contribution < 1.29 is 54.2 Å². The number of carbonyl (C=O) groups is 3.